The first-order valence-corrected chi connectivity index (χ1v) is 8.64. The number of hydrogen-bond acceptors (Lipinski definition) is 6. The third kappa shape index (κ3) is 2.16. The van der Waals surface area contributed by atoms with E-state index in [2.05, 4.69) is 15.2 Å². The molecule has 1 N–H and O–H groups in total. The maximum absolute atomic E-state index is 10.9. The number of benzene rings is 1. The lowest BCUT2D eigenvalue weighted by Crippen LogP contribution is -2.06. The molecule has 7 heteroatoms. The molecule has 1 atom stereocenters. The van der Waals surface area contributed by atoms with Crippen LogP contribution in [-0.2, 0) is 0 Å². The Morgan fingerprint density at radius 1 is 1.21 bits per heavy atom. The van der Waals surface area contributed by atoms with E-state index in [0.29, 0.717) is 11.8 Å². The number of nitrogens with zero attached hydrogens (tertiary/aromatic N) is 4. The van der Waals surface area contributed by atoms with Crippen LogP contribution >= 0.6 is 11.3 Å². The van der Waals surface area contributed by atoms with Crippen LogP contribution in [-0.4, -0.2) is 24.7 Å². The fourth-order valence-electron chi connectivity index (χ4n) is 2.89. The Balaban J connectivity index is 1.57. The molecule has 1 fully saturated rings. The SMILES string of the molecule is OC(c1nnc(-c2ccccc2)o1)c1c(C2CC2)sc2cncn12. The lowest BCUT2D eigenvalue weighted by molar-refractivity contribution is 0.177. The van der Waals surface area contributed by atoms with Crippen LogP contribution in [0.4, 0.5) is 0 Å². The van der Waals surface area contributed by atoms with Gasteiger partial charge in [0.2, 0.25) is 5.89 Å². The minimum atomic E-state index is -0.950. The van der Waals surface area contributed by atoms with E-state index in [9.17, 15) is 5.11 Å². The number of rotatable bonds is 4. The number of aliphatic hydroxyl groups excluding tert-OH is 1. The van der Waals surface area contributed by atoms with Crippen LogP contribution in [0.3, 0.4) is 0 Å². The van der Waals surface area contributed by atoms with Gasteiger partial charge in [-0.1, -0.05) is 18.2 Å². The van der Waals surface area contributed by atoms with E-state index in [1.54, 1.807) is 17.7 Å². The Labute approximate surface area is 141 Å². The highest BCUT2D eigenvalue weighted by Crippen LogP contribution is 2.47. The summed E-state index contributed by atoms with van der Waals surface area (Å²) in [7, 11) is 0. The van der Waals surface area contributed by atoms with Crippen molar-refractivity contribution in [2.75, 3.05) is 0 Å². The van der Waals surface area contributed by atoms with Gasteiger partial charge in [-0.25, -0.2) is 4.98 Å². The van der Waals surface area contributed by atoms with Gasteiger partial charge in [-0.05, 0) is 30.9 Å². The smallest absolute Gasteiger partial charge is 0.251 e. The topological polar surface area (TPSA) is 76.5 Å². The Kier molecular flexibility index (Phi) is 3.04. The predicted molar refractivity (Wildman–Crippen MR) is 88.8 cm³/mol. The van der Waals surface area contributed by atoms with E-state index in [1.165, 1.54) is 4.88 Å². The van der Waals surface area contributed by atoms with E-state index in [1.807, 2.05) is 40.9 Å². The lowest BCUT2D eigenvalue weighted by Gasteiger charge is -2.08. The average Bonchev–Trinajstić information content (AvgIpc) is 3.04. The number of fused-ring (bicyclic) bond motifs is 1. The summed E-state index contributed by atoms with van der Waals surface area (Å²) in [5.74, 6) is 1.15. The first-order valence-electron chi connectivity index (χ1n) is 7.83. The molecule has 0 radical (unpaired) electrons. The van der Waals surface area contributed by atoms with Gasteiger partial charge in [-0.3, -0.25) is 4.40 Å². The largest absolute Gasteiger partial charge is 0.417 e. The first kappa shape index (κ1) is 13.9. The molecule has 3 heterocycles. The molecule has 1 saturated carbocycles. The summed E-state index contributed by atoms with van der Waals surface area (Å²) in [6.07, 6.45) is 4.92. The van der Waals surface area contributed by atoms with Gasteiger partial charge in [-0.15, -0.1) is 21.5 Å². The zero-order chi connectivity index (χ0) is 16.1. The van der Waals surface area contributed by atoms with Crippen molar-refractivity contribution in [1.29, 1.82) is 0 Å². The van der Waals surface area contributed by atoms with Crippen molar-refractivity contribution >= 4 is 16.2 Å². The molecule has 0 bridgehead atoms. The standard InChI is InChI=1S/C17H14N4O2S/c22-14(17-20-19-16(23-17)11-4-2-1-3-5-11)13-15(10-6-7-10)24-12-8-18-9-21(12)13/h1-5,8-10,14,22H,6-7H2. The number of thiazole rings is 1. The van der Waals surface area contributed by atoms with E-state index in [-0.39, 0.29) is 5.89 Å². The van der Waals surface area contributed by atoms with E-state index >= 15 is 0 Å². The summed E-state index contributed by atoms with van der Waals surface area (Å²) in [6, 6.07) is 9.55. The molecule has 0 aliphatic heterocycles. The minimum absolute atomic E-state index is 0.212. The predicted octanol–water partition coefficient (Wildman–Crippen LogP) is 3.40. The fraction of sp³-hybridized carbons (Fsp3) is 0.235. The third-order valence-corrected chi connectivity index (χ3v) is 5.51. The fourth-order valence-corrected chi connectivity index (χ4v) is 4.19. The molecule has 1 unspecified atom stereocenters. The third-order valence-electron chi connectivity index (χ3n) is 4.23. The van der Waals surface area contributed by atoms with Crippen molar-refractivity contribution in [3.05, 3.63) is 59.3 Å². The van der Waals surface area contributed by atoms with Crippen molar-refractivity contribution in [3.8, 4) is 11.5 Å². The van der Waals surface area contributed by atoms with Gasteiger partial charge in [0, 0.05) is 10.4 Å². The zero-order valence-corrected chi connectivity index (χ0v) is 13.5. The maximum atomic E-state index is 10.9. The number of imidazole rings is 1. The second-order valence-corrected chi connectivity index (χ2v) is 7.00. The van der Waals surface area contributed by atoms with Crippen LogP contribution in [0.1, 0.15) is 41.3 Å². The molecule has 120 valence electrons. The average molecular weight is 338 g/mol. The van der Waals surface area contributed by atoms with E-state index in [0.717, 1.165) is 28.9 Å². The number of aromatic nitrogens is 4. The highest BCUT2D eigenvalue weighted by atomic mass is 32.1. The van der Waals surface area contributed by atoms with Gasteiger partial charge in [-0.2, -0.15) is 0 Å². The Bertz CT molecular complexity index is 1000. The van der Waals surface area contributed by atoms with Crippen LogP contribution in [0.15, 0.2) is 47.3 Å². The van der Waals surface area contributed by atoms with Crippen molar-refractivity contribution in [3.63, 3.8) is 0 Å². The van der Waals surface area contributed by atoms with Gasteiger partial charge < -0.3 is 9.52 Å². The highest BCUT2D eigenvalue weighted by molar-refractivity contribution is 7.17. The lowest BCUT2D eigenvalue weighted by atomic mass is 10.2. The Hall–Kier alpha value is -2.51. The summed E-state index contributed by atoms with van der Waals surface area (Å²) in [6.45, 7) is 0. The van der Waals surface area contributed by atoms with E-state index in [4.69, 9.17) is 4.42 Å². The number of hydrogen-bond donors (Lipinski definition) is 1. The van der Waals surface area contributed by atoms with Crippen LogP contribution in [0.25, 0.3) is 16.3 Å². The quantitative estimate of drug-likeness (QED) is 0.617. The molecule has 6 nitrogen and oxygen atoms in total. The summed E-state index contributed by atoms with van der Waals surface area (Å²) >= 11 is 1.68. The second-order valence-electron chi connectivity index (χ2n) is 5.94. The monoisotopic (exact) mass is 338 g/mol. The summed E-state index contributed by atoms with van der Waals surface area (Å²) in [5, 5.41) is 19.0. The molecule has 1 aromatic carbocycles. The second kappa shape index (κ2) is 5.25. The molecular formula is C17H14N4O2S. The molecule has 3 aromatic heterocycles. The minimum Gasteiger partial charge on any atom is -0.417 e. The van der Waals surface area contributed by atoms with Gasteiger partial charge in [0.15, 0.2) is 6.10 Å². The first-order chi connectivity index (χ1) is 11.8. The molecule has 1 aliphatic rings. The van der Waals surface area contributed by atoms with Crippen LogP contribution in [0, 0.1) is 0 Å². The molecular weight excluding hydrogens is 324 g/mol. The molecule has 24 heavy (non-hydrogen) atoms. The van der Waals surface area contributed by atoms with Gasteiger partial charge in [0.25, 0.3) is 5.89 Å². The molecule has 0 spiro atoms. The maximum Gasteiger partial charge on any atom is 0.251 e. The molecule has 5 rings (SSSR count). The summed E-state index contributed by atoms with van der Waals surface area (Å²) < 4.78 is 7.66. The van der Waals surface area contributed by atoms with Gasteiger partial charge >= 0.3 is 0 Å². The van der Waals surface area contributed by atoms with Gasteiger partial charge in [0.1, 0.15) is 11.2 Å². The molecule has 0 amide bonds. The van der Waals surface area contributed by atoms with Gasteiger partial charge in [0.05, 0.1) is 11.9 Å². The number of aliphatic hydroxyl groups is 1. The van der Waals surface area contributed by atoms with Crippen LogP contribution < -0.4 is 0 Å². The summed E-state index contributed by atoms with van der Waals surface area (Å²) in [5.41, 5.74) is 1.64. The van der Waals surface area contributed by atoms with Crippen molar-refractivity contribution in [1.82, 2.24) is 19.6 Å². The van der Waals surface area contributed by atoms with Crippen molar-refractivity contribution in [2.45, 2.75) is 24.9 Å². The van der Waals surface area contributed by atoms with Crippen LogP contribution in [0.2, 0.25) is 0 Å². The molecule has 4 aromatic rings. The highest BCUT2D eigenvalue weighted by Gasteiger charge is 2.34. The molecule has 0 saturated heterocycles. The molecule has 1 aliphatic carbocycles. The summed E-state index contributed by atoms with van der Waals surface area (Å²) in [4.78, 5) is 6.38. The van der Waals surface area contributed by atoms with Crippen molar-refractivity contribution in [2.24, 2.45) is 0 Å². The van der Waals surface area contributed by atoms with E-state index < -0.39 is 6.10 Å². The normalized spacial score (nSPS) is 15.9. The zero-order valence-electron chi connectivity index (χ0n) is 12.7. The van der Waals surface area contributed by atoms with Crippen molar-refractivity contribution < 1.29 is 9.52 Å². The Morgan fingerprint density at radius 3 is 2.83 bits per heavy atom. The Morgan fingerprint density at radius 2 is 2.04 bits per heavy atom. The van der Waals surface area contributed by atoms with Crippen LogP contribution in [0.5, 0.6) is 0 Å².